The fourth-order valence-electron chi connectivity index (χ4n) is 2.66. The van der Waals surface area contributed by atoms with E-state index >= 15 is 0 Å². The molecule has 0 saturated carbocycles. The highest BCUT2D eigenvalue weighted by Crippen LogP contribution is 2.46. The van der Waals surface area contributed by atoms with Gasteiger partial charge < -0.3 is 9.84 Å². The quantitative estimate of drug-likeness (QED) is 0.868. The van der Waals surface area contributed by atoms with Crippen LogP contribution in [0.3, 0.4) is 0 Å². The smallest absolute Gasteiger partial charge is 0.356 e. The number of benzene rings is 1. The van der Waals surface area contributed by atoms with Gasteiger partial charge in [0.25, 0.3) is 0 Å². The average molecular weight is 337 g/mol. The van der Waals surface area contributed by atoms with E-state index in [1.807, 2.05) is 32.0 Å². The Labute approximate surface area is 124 Å². The van der Waals surface area contributed by atoms with E-state index in [9.17, 15) is 9.90 Å². The highest BCUT2D eigenvalue weighted by molar-refractivity contribution is 9.10. The number of fused-ring (bicyclic) bond motifs is 3. The number of carbonyl (C=O) groups is 1. The summed E-state index contributed by atoms with van der Waals surface area (Å²) >= 11 is 3.43. The molecule has 6 heteroatoms. The van der Waals surface area contributed by atoms with Crippen LogP contribution in [0, 0.1) is 0 Å². The maximum atomic E-state index is 11.4. The van der Waals surface area contributed by atoms with Gasteiger partial charge >= 0.3 is 5.97 Å². The van der Waals surface area contributed by atoms with Crippen LogP contribution in [-0.2, 0) is 12.6 Å². The molecule has 0 unspecified atom stereocenters. The van der Waals surface area contributed by atoms with Gasteiger partial charge in [-0.1, -0.05) is 15.9 Å². The molecule has 104 valence electrons. The van der Waals surface area contributed by atoms with E-state index in [0.29, 0.717) is 5.56 Å². The zero-order valence-corrected chi connectivity index (χ0v) is 12.9. The first kappa shape index (κ1) is 13.2. The minimum absolute atomic E-state index is 0.0399. The van der Waals surface area contributed by atoms with Crippen LogP contribution in [0.1, 0.15) is 29.9 Å². The molecular formula is C14H13BrN2O3. The van der Waals surface area contributed by atoms with Crippen LogP contribution in [0.25, 0.3) is 11.3 Å². The minimum Gasteiger partial charge on any atom is -0.482 e. The van der Waals surface area contributed by atoms with Gasteiger partial charge in [0.15, 0.2) is 5.69 Å². The normalized spacial score (nSPS) is 15.2. The summed E-state index contributed by atoms with van der Waals surface area (Å²) in [6.07, 6.45) is 0. The molecule has 0 fully saturated rings. The molecule has 0 aliphatic carbocycles. The highest BCUT2D eigenvalue weighted by atomic mass is 79.9. The molecule has 1 aromatic carbocycles. The summed E-state index contributed by atoms with van der Waals surface area (Å²) in [4.78, 5) is 11.4. The lowest BCUT2D eigenvalue weighted by Crippen LogP contribution is -2.31. The van der Waals surface area contributed by atoms with E-state index in [2.05, 4.69) is 21.0 Å². The Morgan fingerprint density at radius 3 is 2.80 bits per heavy atom. The van der Waals surface area contributed by atoms with Crippen LogP contribution in [0.15, 0.2) is 22.7 Å². The Hall–Kier alpha value is -1.82. The molecule has 3 rings (SSSR count). The second kappa shape index (κ2) is 4.09. The number of nitrogens with zero attached hydrogens (tertiary/aromatic N) is 2. The summed E-state index contributed by atoms with van der Waals surface area (Å²) in [7, 11) is 1.75. The lowest BCUT2D eigenvalue weighted by Gasteiger charge is -2.33. The van der Waals surface area contributed by atoms with Crippen LogP contribution >= 0.6 is 15.9 Å². The molecule has 0 spiro atoms. The Bertz CT molecular complexity index is 734. The van der Waals surface area contributed by atoms with Crippen molar-refractivity contribution in [2.75, 3.05) is 0 Å². The number of carboxylic acid groups (broad SMARTS) is 1. The molecule has 1 aliphatic rings. The van der Waals surface area contributed by atoms with Crippen molar-refractivity contribution in [3.63, 3.8) is 0 Å². The summed E-state index contributed by atoms with van der Waals surface area (Å²) in [5, 5.41) is 13.5. The zero-order valence-electron chi connectivity index (χ0n) is 11.3. The van der Waals surface area contributed by atoms with Crippen molar-refractivity contribution in [1.29, 1.82) is 0 Å². The molecule has 20 heavy (non-hydrogen) atoms. The molecule has 2 aromatic rings. The highest BCUT2D eigenvalue weighted by Gasteiger charge is 2.40. The van der Waals surface area contributed by atoms with Crippen LogP contribution < -0.4 is 4.74 Å². The predicted octanol–water partition coefficient (Wildman–Crippen LogP) is 3.18. The number of ether oxygens (including phenoxy) is 1. The van der Waals surface area contributed by atoms with Crippen molar-refractivity contribution < 1.29 is 14.6 Å². The van der Waals surface area contributed by atoms with Crippen LogP contribution in [0.2, 0.25) is 0 Å². The Morgan fingerprint density at radius 2 is 2.15 bits per heavy atom. The molecule has 0 amide bonds. The topological polar surface area (TPSA) is 64.4 Å². The summed E-state index contributed by atoms with van der Waals surface area (Å²) < 4.78 is 8.48. The third-order valence-electron chi connectivity index (χ3n) is 3.41. The third-order valence-corrected chi connectivity index (χ3v) is 3.91. The van der Waals surface area contributed by atoms with Gasteiger partial charge in [-0.3, -0.25) is 4.68 Å². The van der Waals surface area contributed by atoms with Crippen molar-refractivity contribution in [2.24, 2.45) is 7.05 Å². The number of rotatable bonds is 1. The van der Waals surface area contributed by atoms with E-state index in [1.54, 1.807) is 11.7 Å². The third kappa shape index (κ3) is 1.75. The van der Waals surface area contributed by atoms with Gasteiger partial charge in [-0.2, -0.15) is 5.10 Å². The molecule has 0 atom stereocenters. The first-order chi connectivity index (χ1) is 9.31. The van der Waals surface area contributed by atoms with Gasteiger partial charge in [0, 0.05) is 17.1 Å². The summed E-state index contributed by atoms with van der Waals surface area (Å²) in [6.45, 7) is 3.70. The molecule has 0 bridgehead atoms. The van der Waals surface area contributed by atoms with Crippen molar-refractivity contribution in [3.05, 3.63) is 33.9 Å². The number of carboxylic acids is 1. The van der Waals surface area contributed by atoms with E-state index in [1.165, 1.54) is 0 Å². The number of aryl methyl sites for hydroxylation is 1. The summed E-state index contributed by atoms with van der Waals surface area (Å²) in [5.41, 5.74) is 1.54. The molecule has 1 N–H and O–H groups in total. The SMILES string of the molecule is Cn1nc(C(=O)O)c2c1-c1cc(Br)ccc1OC2(C)C. The van der Waals surface area contributed by atoms with Crippen molar-refractivity contribution in [1.82, 2.24) is 9.78 Å². The Morgan fingerprint density at radius 1 is 1.45 bits per heavy atom. The Balaban J connectivity index is 2.40. The fourth-order valence-corrected chi connectivity index (χ4v) is 3.02. The first-order valence-corrected chi connectivity index (χ1v) is 6.90. The van der Waals surface area contributed by atoms with Gasteiger partial charge in [0.2, 0.25) is 0 Å². The zero-order chi connectivity index (χ0) is 14.7. The van der Waals surface area contributed by atoms with E-state index in [0.717, 1.165) is 21.5 Å². The number of hydrogen-bond acceptors (Lipinski definition) is 3. The summed E-state index contributed by atoms with van der Waals surface area (Å²) in [6, 6.07) is 5.68. The van der Waals surface area contributed by atoms with Crippen LogP contribution in [-0.4, -0.2) is 20.9 Å². The molecule has 5 nitrogen and oxygen atoms in total. The first-order valence-electron chi connectivity index (χ1n) is 6.11. The molecule has 2 heterocycles. The van der Waals surface area contributed by atoms with Gasteiger partial charge in [-0.15, -0.1) is 0 Å². The molecular weight excluding hydrogens is 324 g/mol. The van der Waals surface area contributed by atoms with Crippen LogP contribution in [0.4, 0.5) is 0 Å². The van der Waals surface area contributed by atoms with Crippen molar-refractivity contribution in [2.45, 2.75) is 19.4 Å². The maximum absolute atomic E-state index is 11.4. The van der Waals surface area contributed by atoms with Crippen molar-refractivity contribution >= 4 is 21.9 Å². The maximum Gasteiger partial charge on any atom is 0.356 e. The fraction of sp³-hybridized carbons (Fsp3) is 0.286. The molecule has 1 aliphatic heterocycles. The van der Waals surface area contributed by atoms with E-state index in [-0.39, 0.29) is 5.69 Å². The summed E-state index contributed by atoms with van der Waals surface area (Å²) in [5.74, 6) is -0.317. The van der Waals surface area contributed by atoms with E-state index in [4.69, 9.17) is 4.74 Å². The number of aromatic carboxylic acids is 1. The largest absolute Gasteiger partial charge is 0.482 e. The van der Waals surface area contributed by atoms with Gasteiger partial charge in [-0.25, -0.2) is 4.79 Å². The monoisotopic (exact) mass is 336 g/mol. The van der Waals surface area contributed by atoms with Crippen LogP contribution in [0.5, 0.6) is 5.75 Å². The van der Waals surface area contributed by atoms with Crippen molar-refractivity contribution in [3.8, 4) is 17.0 Å². The average Bonchev–Trinajstić information content (AvgIpc) is 2.70. The number of halogens is 1. The molecule has 0 radical (unpaired) electrons. The standard InChI is InChI=1S/C14H13BrN2O3/c1-14(2)10-11(13(18)19)16-17(3)12(10)8-6-7(15)4-5-9(8)20-14/h4-6H,1-3H3,(H,18,19). The number of hydrogen-bond donors (Lipinski definition) is 1. The second-order valence-electron chi connectivity index (χ2n) is 5.25. The second-order valence-corrected chi connectivity index (χ2v) is 6.17. The number of aromatic nitrogens is 2. The Kier molecular flexibility index (Phi) is 2.69. The molecule has 0 saturated heterocycles. The lowest BCUT2D eigenvalue weighted by atomic mass is 9.89. The van der Waals surface area contributed by atoms with Gasteiger partial charge in [0.1, 0.15) is 11.4 Å². The van der Waals surface area contributed by atoms with Gasteiger partial charge in [0.05, 0.1) is 11.3 Å². The predicted molar refractivity (Wildman–Crippen MR) is 77.0 cm³/mol. The minimum atomic E-state index is -1.04. The van der Waals surface area contributed by atoms with E-state index < -0.39 is 11.6 Å². The lowest BCUT2D eigenvalue weighted by molar-refractivity contribution is 0.0664. The molecule has 1 aromatic heterocycles. The van der Waals surface area contributed by atoms with Gasteiger partial charge in [-0.05, 0) is 32.0 Å².